The second-order valence-electron chi connectivity index (χ2n) is 3.67. The zero-order valence-corrected chi connectivity index (χ0v) is 10.7. The molecular formula is C11H8FN3OS2. The molecule has 1 aliphatic rings. The van der Waals surface area contributed by atoms with Crippen LogP contribution in [0.1, 0.15) is 10.9 Å². The second-order valence-corrected chi connectivity index (χ2v) is 5.55. The molecule has 0 spiro atoms. The number of hydrogen-bond acceptors (Lipinski definition) is 5. The zero-order chi connectivity index (χ0) is 12.5. The topological polar surface area (TPSA) is 46.1 Å². The van der Waals surface area contributed by atoms with E-state index < -0.39 is 0 Å². The number of benzene rings is 1. The number of anilines is 1. The van der Waals surface area contributed by atoms with Crippen molar-refractivity contribution in [3.8, 4) is 0 Å². The molecule has 1 unspecified atom stereocenters. The van der Waals surface area contributed by atoms with Crippen molar-refractivity contribution in [3.05, 3.63) is 41.2 Å². The molecule has 0 aliphatic carbocycles. The van der Waals surface area contributed by atoms with E-state index in [0.29, 0.717) is 16.4 Å². The van der Waals surface area contributed by atoms with Gasteiger partial charge >= 0.3 is 0 Å². The number of thioether (sulfide) groups is 1. The number of amides is 1. The molecule has 1 aromatic heterocycles. The minimum Gasteiger partial charge on any atom is -0.273 e. The Hall–Kier alpha value is -1.47. The Bertz CT molecular complexity index is 575. The lowest BCUT2D eigenvalue weighted by Gasteiger charge is -2.21. The number of halogens is 1. The van der Waals surface area contributed by atoms with Crippen molar-refractivity contribution in [1.29, 1.82) is 0 Å². The molecule has 2 heterocycles. The van der Waals surface area contributed by atoms with E-state index in [0.717, 1.165) is 0 Å². The lowest BCUT2D eigenvalue weighted by molar-refractivity contribution is -0.115. The van der Waals surface area contributed by atoms with Crippen LogP contribution in [-0.2, 0) is 4.79 Å². The lowest BCUT2D eigenvalue weighted by atomic mass is 10.2. The van der Waals surface area contributed by atoms with Crippen LogP contribution < -0.4 is 4.90 Å². The van der Waals surface area contributed by atoms with Gasteiger partial charge in [-0.1, -0.05) is 29.5 Å². The average Bonchev–Trinajstić information content (AvgIpc) is 2.98. The summed E-state index contributed by atoms with van der Waals surface area (Å²) < 4.78 is 13.8. The first-order valence-electron chi connectivity index (χ1n) is 5.21. The molecule has 18 heavy (non-hydrogen) atoms. The largest absolute Gasteiger partial charge is 0.273 e. The molecule has 4 nitrogen and oxygen atoms in total. The van der Waals surface area contributed by atoms with Gasteiger partial charge in [-0.05, 0) is 6.07 Å². The third-order valence-electron chi connectivity index (χ3n) is 2.59. The fourth-order valence-electron chi connectivity index (χ4n) is 1.81. The van der Waals surface area contributed by atoms with Crippen molar-refractivity contribution in [2.45, 2.75) is 5.37 Å². The van der Waals surface area contributed by atoms with Gasteiger partial charge in [0, 0.05) is 5.56 Å². The number of hydrogen-bond donors (Lipinski definition) is 0. The van der Waals surface area contributed by atoms with Crippen LogP contribution in [0.25, 0.3) is 0 Å². The molecular weight excluding hydrogens is 273 g/mol. The zero-order valence-electron chi connectivity index (χ0n) is 9.12. The van der Waals surface area contributed by atoms with E-state index in [1.807, 2.05) is 0 Å². The Morgan fingerprint density at radius 2 is 2.22 bits per heavy atom. The molecule has 3 rings (SSSR count). The summed E-state index contributed by atoms with van der Waals surface area (Å²) in [6.45, 7) is 0. The van der Waals surface area contributed by atoms with Gasteiger partial charge in [0.1, 0.15) is 16.7 Å². The summed E-state index contributed by atoms with van der Waals surface area (Å²) in [6.07, 6.45) is 0. The van der Waals surface area contributed by atoms with E-state index in [4.69, 9.17) is 0 Å². The average molecular weight is 281 g/mol. The standard InChI is InChI=1S/C11H8FN3OS2/c12-8-4-2-1-3-7(8)10-15(9(16)5-17-10)11-14-13-6-18-11/h1-4,6,10H,5H2. The molecule has 1 aliphatic heterocycles. The first kappa shape index (κ1) is 11.6. The van der Waals surface area contributed by atoms with Gasteiger partial charge in [-0.3, -0.25) is 9.69 Å². The molecule has 1 amide bonds. The van der Waals surface area contributed by atoms with E-state index in [9.17, 15) is 9.18 Å². The van der Waals surface area contributed by atoms with Crippen LogP contribution in [-0.4, -0.2) is 21.9 Å². The highest BCUT2D eigenvalue weighted by atomic mass is 32.2. The Morgan fingerprint density at radius 1 is 1.39 bits per heavy atom. The summed E-state index contributed by atoms with van der Waals surface area (Å²) in [7, 11) is 0. The maximum atomic E-state index is 13.8. The fourth-order valence-corrected chi connectivity index (χ4v) is 3.66. The van der Waals surface area contributed by atoms with Crippen molar-refractivity contribution in [1.82, 2.24) is 10.2 Å². The van der Waals surface area contributed by atoms with Crippen molar-refractivity contribution in [2.75, 3.05) is 10.7 Å². The van der Waals surface area contributed by atoms with Gasteiger partial charge < -0.3 is 0 Å². The van der Waals surface area contributed by atoms with Crippen LogP contribution in [0, 0.1) is 5.82 Å². The van der Waals surface area contributed by atoms with E-state index in [1.165, 1.54) is 34.1 Å². The van der Waals surface area contributed by atoms with Gasteiger partial charge in [0.2, 0.25) is 11.0 Å². The smallest absolute Gasteiger partial charge is 0.240 e. The molecule has 92 valence electrons. The Labute approximate surface area is 111 Å². The van der Waals surface area contributed by atoms with Crippen LogP contribution >= 0.6 is 23.1 Å². The van der Waals surface area contributed by atoms with Crippen LogP contribution in [0.3, 0.4) is 0 Å². The summed E-state index contributed by atoms with van der Waals surface area (Å²) in [6, 6.07) is 6.49. The van der Waals surface area contributed by atoms with Gasteiger partial charge in [0.25, 0.3) is 0 Å². The highest BCUT2D eigenvalue weighted by Crippen LogP contribution is 2.42. The molecule has 1 fully saturated rings. The Balaban J connectivity index is 2.02. The molecule has 0 saturated carbocycles. The number of carbonyl (C=O) groups is 1. The first-order valence-corrected chi connectivity index (χ1v) is 7.14. The van der Waals surface area contributed by atoms with Crippen LogP contribution in [0.4, 0.5) is 9.52 Å². The molecule has 0 radical (unpaired) electrons. The summed E-state index contributed by atoms with van der Waals surface area (Å²) in [4.78, 5) is 13.4. The minimum atomic E-state index is -0.355. The number of carbonyl (C=O) groups excluding carboxylic acids is 1. The summed E-state index contributed by atoms with van der Waals surface area (Å²) >= 11 is 2.67. The maximum Gasteiger partial charge on any atom is 0.240 e. The third kappa shape index (κ3) is 1.89. The number of aromatic nitrogens is 2. The quantitative estimate of drug-likeness (QED) is 0.848. The fraction of sp³-hybridized carbons (Fsp3) is 0.182. The monoisotopic (exact) mass is 281 g/mol. The summed E-state index contributed by atoms with van der Waals surface area (Å²) in [5, 5.41) is 7.77. The molecule has 0 N–H and O–H groups in total. The number of rotatable bonds is 2. The third-order valence-corrected chi connectivity index (χ3v) is 4.48. The van der Waals surface area contributed by atoms with E-state index in [-0.39, 0.29) is 17.1 Å². The van der Waals surface area contributed by atoms with Gasteiger partial charge in [0.15, 0.2) is 0 Å². The van der Waals surface area contributed by atoms with Gasteiger partial charge in [-0.2, -0.15) is 0 Å². The van der Waals surface area contributed by atoms with E-state index in [1.54, 1.807) is 23.7 Å². The molecule has 2 aromatic rings. The molecule has 0 bridgehead atoms. The molecule has 7 heteroatoms. The predicted molar refractivity (Wildman–Crippen MR) is 69.0 cm³/mol. The van der Waals surface area contributed by atoms with Gasteiger partial charge in [-0.15, -0.1) is 22.0 Å². The van der Waals surface area contributed by atoms with Crippen molar-refractivity contribution in [3.63, 3.8) is 0 Å². The van der Waals surface area contributed by atoms with Crippen molar-refractivity contribution >= 4 is 34.1 Å². The summed E-state index contributed by atoms with van der Waals surface area (Å²) in [5.41, 5.74) is 2.06. The van der Waals surface area contributed by atoms with Crippen LogP contribution in [0.2, 0.25) is 0 Å². The highest BCUT2D eigenvalue weighted by molar-refractivity contribution is 8.00. The number of nitrogens with zero attached hydrogens (tertiary/aromatic N) is 3. The van der Waals surface area contributed by atoms with Crippen LogP contribution in [0.5, 0.6) is 0 Å². The second kappa shape index (κ2) is 4.66. The van der Waals surface area contributed by atoms with E-state index >= 15 is 0 Å². The highest BCUT2D eigenvalue weighted by Gasteiger charge is 2.37. The normalized spacial score (nSPS) is 19.5. The molecule has 1 atom stereocenters. The Morgan fingerprint density at radius 3 is 2.94 bits per heavy atom. The first-order chi connectivity index (χ1) is 8.77. The van der Waals surface area contributed by atoms with Gasteiger partial charge in [-0.25, -0.2) is 4.39 Å². The molecule has 1 aromatic carbocycles. The minimum absolute atomic E-state index is 0.0648. The lowest BCUT2D eigenvalue weighted by Crippen LogP contribution is -2.28. The maximum absolute atomic E-state index is 13.8. The molecule has 1 saturated heterocycles. The summed E-state index contributed by atoms with van der Waals surface area (Å²) in [5.74, 6) is -0.0392. The van der Waals surface area contributed by atoms with Crippen molar-refractivity contribution in [2.24, 2.45) is 0 Å². The van der Waals surface area contributed by atoms with Crippen molar-refractivity contribution < 1.29 is 9.18 Å². The van der Waals surface area contributed by atoms with Crippen LogP contribution in [0.15, 0.2) is 29.8 Å². The SMILES string of the molecule is O=C1CSC(c2ccccc2F)N1c1nncs1. The van der Waals surface area contributed by atoms with Gasteiger partial charge in [0.05, 0.1) is 5.75 Å². The predicted octanol–water partition coefficient (Wildman–Crippen LogP) is 2.46. The van der Waals surface area contributed by atoms with E-state index in [2.05, 4.69) is 10.2 Å². The Kier molecular flexibility index (Phi) is 3.00.